The maximum Gasteiger partial charge on any atom is 0.407 e. The molecule has 6 rings (SSSR count). The number of unbranched alkanes of at least 4 members (excludes halogenated alkanes) is 5. The first-order valence-corrected chi connectivity index (χ1v) is 25.2. The fourth-order valence-electron chi connectivity index (χ4n) is 8.72. The van der Waals surface area contributed by atoms with Crippen LogP contribution in [0.4, 0.5) is 21.0 Å². The van der Waals surface area contributed by atoms with Gasteiger partial charge in [0.1, 0.15) is 11.2 Å². The summed E-state index contributed by atoms with van der Waals surface area (Å²) < 4.78 is 11.0. The highest BCUT2D eigenvalue weighted by Gasteiger charge is 2.18. The number of hydrogen-bond acceptors (Lipinski definition) is 10. The molecule has 0 radical (unpaired) electrons. The van der Waals surface area contributed by atoms with E-state index in [1.54, 1.807) is 0 Å². The summed E-state index contributed by atoms with van der Waals surface area (Å²) in [4.78, 5) is 39.6. The molecule has 0 aliphatic carbocycles. The van der Waals surface area contributed by atoms with Gasteiger partial charge < -0.3 is 40.5 Å². The molecule has 0 fully saturated rings. The first kappa shape index (κ1) is 51.7. The number of alkyl carbamates (subject to hydrolysis) is 2. The van der Waals surface area contributed by atoms with Crippen molar-refractivity contribution >= 4 is 67.2 Å². The third kappa shape index (κ3) is 17.1. The van der Waals surface area contributed by atoms with Gasteiger partial charge in [-0.2, -0.15) is 0 Å². The number of nitrogens with zero attached hydrogens (tertiary/aromatic N) is 4. The van der Waals surface area contributed by atoms with Crippen LogP contribution in [0.1, 0.15) is 106 Å². The van der Waals surface area contributed by atoms with Gasteiger partial charge >= 0.3 is 12.2 Å². The van der Waals surface area contributed by atoms with Crippen molar-refractivity contribution < 1.29 is 19.1 Å². The summed E-state index contributed by atoms with van der Waals surface area (Å²) in [5.41, 5.74) is 5.34. The van der Waals surface area contributed by atoms with Crippen LogP contribution in [-0.4, -0.2) is 109 Å². The second kappa shape index (κ2) is 26.1. The zero-order valence-corrected chi connectivity index (χ0v) is 41.8. The Morgan fingerprint density at radius 2 is 0.706 bits per heavy atom. The average molecular weight is 927 g/mol. The van der Waals surface area contributed by atoms with Crippen molar-refractivity contribution in [2.75, 3.05) is 76.1 Å². The van der Waals surface area contributed by atoms with Gasteiger partial charge in [0.2, 0.25) is 0 Å². The summed E-state index contributed by atoms with van der Waals surface area (Å²) in [5, 5.41) is 18.1. The van der Waals surface area contributed by atoms with Gasteiger partial charge in [-0.15, -0.1) is 0 Å². The summed E-state index contributed by atoms with van der Waals surface area (Å²) in [6, 6.07) is 33.5. The molecule has 2 heterocycles. The number of carbonyl (C=O) groups excluding carboxylic acids is 2. The van der Waals surface area contributed by atoms with E-state index in [0.29, 0.717) is 13.1 Å². The molecule has 4 N–H and O–H groups in total. The molecule has 2 amide bonds. The quantitative estimate of drug-likeness (QED) is 0.0292. The van der Waals surface area contributed by atoms with Crippen LogP contribution in [0.5, 0.6) is 0 Å². The van der Waals surface area contributed by atoms with Crippen molar-refractivity contribution in [3.63, 3.8) is 0 Å². The number of aromatic nitrogens is 2. The molecule has 366 valence electrons. The Morgan fingerprint density at radius 1 is 0.412 bits per heavy atom. The number of amides is 2. The Labute approximate surface area is 405 Å². The van der Waals surface area contributed by atoms with Crippen molar-refractivity contribution in [1.29, 1.82) is 0 Å². The van der Waals surface area contributed by atoms with Gasteiger partial charge in [0.05, 0.1) is 33.4 Å². The van der Waals surface area contributed by atoms with Crippen molar-refractivity contribution in [1.82, 2.24) is 30.4 Å². The van der Waals surface area contributed by atoms with Crippen molar-refractivity contribution in [2.24, 2.45) is 0 Å². The topological polar surface area (TPSA) is 133 Å². The number of nitrogens with one attached hydrogen (secondary N) is 4. The molecule has 4 aromatic carbocycles. The number of carbonyl (C=O) groups is 2. The van der Waals surface area contributed by atoms with Crippen molar-refractivity contribution in [3.8, 4) is 0 Å². The molecule has 68 heavy (non-hydrogen) atoms. The number of pyridine rings is 2. The zero-order chi connectivity index (χ0) is 48.2. The number of anilines is 2. The number of rotatable bonds is 27. The van der Waals surface area contributed by atoms with Gasteiger partial charge in [-0.3, -0.25) is 0 Å². The molecule has 0 aliphatic rings. The van der Waals surface area contributed by atoms with E-state index in [9.17, 15) is 9.59 Å². The molecular weight excluding hydrogens is 849 g/mol. The molecule has 0 saturated carbocycles. The van der Waals surface area contributed by atoms with Crippen LogP contribution in [0.15, 0.2) is 97.1 Å². The first-order chi connectivity index (χ1) is 32.8. The van der Waals surface area contributed by atoms with Gasteiger partial charge in [-0.1, -0.05) is 85.6 Å². The van der Waals surface area contributed by atoms with Crippen LogP contribution in [0.25, 0.3) is 43.6 Å². The molecule has 0 saturated heterocycles. The van der Waals surface area contributed by atoms with Crippen LogP contribution in [0, 0.1) is 0 Å². The highest BCUT2D eigenvalue weighted by molar-refractivity contribution is 6.08. The molecule has 0 aliphatic heterocycles. The number of hydrogen-bond donors (Lipinski definition) is 4. The number of para-hydroxylation sites is 4. The van der Waals surface area contributed by atoms with E-state index in [0.717, 1.165) is 160 Å². The van der Waals surface area contributed by atoms with E-state index in [1.807, 2.05) is 65.8 Å². The third-order valence-electron chi connectivity index (χ3n) is 11.9. The summed E-state index contributed by atoms with van der Waals surface area (Å²) >= 11 is 0. The van der Waals surface area contributed by atoms with Gasteiger partial charge in [-0.25, -0.2) is 19.6 Å². The predicted molar refractivity (Wildman–Crippen MR) is 283 cm³/mol. The van der Waals surface area contributed by atoms with Crippen molar-refractivity contribution in [2.45, 2.75) is 117 Å². The molecule has 6 aromatic rings. The van der Waals surface area contributed by atoms with Crippen LogP contribution in [0.3, 0.4) is 0 Å². The van der Waals surface area contributed by atoms with E-state index >= 15 is 0 Å². The molecule has 0 unspecified atom stereocenters. The average Bonchev–Trinajstić information content (AvgIpc) is 3.30. The van der Waals surface area contributed by atoms with Crippen LogP contribution >= 0.6 is 0 Å². The van der Waals surface area contributed by atoms with E-state index in [-0.39, 0.29) is 12.2 Å². The summed E-state index contributed by atoms with van der Waals surface area (Å²) in [5.74, 6) is 0. The summed E-state index contributed by atoms with van der Waals surface area (Å²) in [6.45, 7) is 20.2. The fraction of sp³-hybridized carbons (Fsp3) is 0.500. The lowest BCUT2D eigenvalue weighted by Gasteiger charge is -2.25. The molecule has 12 nitrogen and oxygen atoms in total. The minimum atomic E-state index is -0.520. The lowest BCUT2D eigenvalue weighted by molar-refractivity contribution is 0.0513. The Hall–Kier alpha value is -5.72. The number of ether oxygens (including phenoxy) is 2. The predicted octanol–water partition coefficient (Wildman–Crippen LogP) is 12.2. The standard InChI is InChI=1S/C56H78N8O4/c1-55(2,3)67-53(65)59-35-23-41-63(37-19-7-17-33-57-51-43-25-9-13-29-47(43)61-48-30-14-10-26-44(48)51)39-21-22-40-64(42-24-36-60-54(66)68-56(4,5)6)38-20-8-18-34-58-52-45-27-11-15-31-49(45)62-50-32-16-12-28-46(50)52/h9-16,25-32H,7-8,17-24,33-42H2,1-6H3,(H,57,61)(H,58,62)(H,59,65)(H,60,66). The highest BCUT2D eigenvalue weighted by Crippen LogP contribution is 2.32. The van der Waals surface area contributed by atoms with Gasteiger partial charge in [0.25, 0.3) is 0 Å². The summed E-state index contributed by atoms with van der Waals surface area (Å²) in [6.07, 6.45) is 9.80. The Kier molecular flexibility index (Phi) is 19.9. The second-order valence-corrected chi connectivity index (χ2v) is 20.0. The molecule has 2 aromatic heterocycles. The summed E-state index contributed by atoms with van der Waals surface area (Å²) in [7, 11) is 0. The van der Waals surface area contributed by atoms with Crippen LogP contribution in [-0.2, 0) is 9.47 Å². The minimum absolute atomic E-state index is 0.361. The van der Waals surface area contributed by atoms with Crippen molar-refractivity contribution in [3.05, 3.63) is 97.1 Å². The second-order valence-electron chi connectivity index (χ2n) is 20.0. The highest BCUT2D eigenvalue weighted by atomic mass is 16.6. The molecule has 0 atom stereocenters. The molecule has 12 heteroatoms. The molecule has 0 spiro atoms. The first-order valence-electron chi connectivity index (χ1n) is 25.2. The Morgan fingerprint density at radius 3 is 1.03 bits per heavy atom. The largest absolute Gasteiger partial charge is 0.444 e. The van der Waals surface area contributed by atoms with E-state index < -0.39 is 11.2 Å². The maximum atomic E-state index is 12.4. The lowest BCUT2D eigenvalue weighted by atomic mass is 10.1. The maximum absolute atomic E-state index is 12.4. The van der Waals surface area contributed by atoms with E-state index in [4.69, 9.17) is 19.4 Å². The van der Waals surface area contributed by atoms with E-state index in [1.165, 1.54) is 11.4 Å². The normalized spacial score (nSPS) is 12.1. The fourth-order valence-corrected chi connectivity index (χ4v) is 8.72. The number of benzene rings is 4. The monoisotopic (exact) mass is 927 g/mol. The zero-order valence-electron chi connectivity index (χ0n) is 41.8. The molecule has 0 bridgehead atoms. The Bertz CT molecular complexity index is 2220. The van der Waals surface area contributed by atoms with Crippen LogP contribution in [0.2, 0.25) is 0 Å². The van der Waals surface area contributed by atoms with Gasteiger partial charge in [0, 0.05) is 47.7 Å². The SMILES string of the molecule is CC(C)(C)OC(=O)NCCCN(CCCCCNc1c2ccccc2nc2ccccc12)CCCCN(CCCCCNc1c2ccccc2nc2ccccc12)CCCNC(=O)OC(C)(C)C. The van der Waals surface area contributed by atoms with Crippen LogP contribution < -0.4 is 21.3 Å². The minimum Gasteiger partial charge on any atom is -0.444 e. The Balaban J connectivity index is 0.977. The molecular formula is C56H78N8O4. The third-order valence-corrected chi connectivity index (χ3v) is 11.9. The number of fused-ring (bicyclic) bond motifs is 4. The smallest absolute Gasteiger partial charge is 0.407 e. The van der Waals surface area contributed by atoms with E-state index in [2.05, 4.69) is 104 Å². The lowest BCUT2D eigenvalue weighted by Crippen LogP contribution is -2.35. The van der Waals surface area contributed by atoms with Gasteiger partial charge in [-0.05, 0) is 156 Å². The van der Waals surface area contributed by atoms with Gasteiger partial charge in [0.15, 0.2) is 0 Å².